The van der Waals surface area contributed by atoms with E-state index in [4.69, 9.17) is 9.47 Å². The molecule has 0 saturated carbocycles. The summed E-state index contributed by atoms with van der Waals surface area (Å²) < 4.78 is 10.7. The van der Waals surface area contributed by atoms with Gasteiger partial charge in [0.2, 0.25) is 0 Å². The van der Waals surface area contributed by atoms with Crippen LogP contribution in [0.15, 0.2) is 24.3 Å². The Morgan fingerprint density at radius 1 is 1.46 bits per heavy atom. The molecule has 2 rings (SSSR count). The van der Waals surface area contributed by atoms with Crippen LogP contribution < -0.4 is 4.74 Å². The average molecular weight is 180 g/mol. The predicted molar refractivity (Wildman–Crippen MR) is 48.0 cm³/mol. The normalized spacial score (nSPS) is 21.7. The van der Waals surface area contributed by atoms with Crippen LogP contribution in [0.4, 0.5) is 0 Å². The van der Waals surface area contributed by atoms with E-state index in [2.05, 4.69) is 0 Å². The van der Waals surface area contributed by atoms with Gasteiger partial charge in [-0.3, -0.25) is 0 Å². The molecular formula is C10H12O3. The minimum Gasteiger partial charge on any atom is -0.508 e. The average Bonchev–Trinajstić information content (AvgIpc) is 2.57. The van der Waals surface area contributed by atoms with Gasteiger partial charge in [-0.15, -0.1) is 0 Å². The molecule has 3 nitrogen and oxygen atoms in total. The molecule has 1 aliphatic heterocycles. The third kappa shape index (κ3) is 2.12. The van der Waals surface area contributed by atoms with Gasteiger partial charge in [-0.05, 0) is 12.1 Å². The summed E-state index contributed by atoms with van der Waals surface area (Å²) in [6.45, 7) is 1.42. The van der Waals surface area contributed by atoms with Crippen LogP contribution in [0.25, 0.3) is 0 Å². The Morgan fingerprint density at radius 3 is 3.08 bits per heavy atom. The summed E-state index contributed by atoms with van der Waals surface area (Å²) in [5.41, 5.74) is 0. The lowest BCUT2D eigenvalue weighted by Crippen LogP contribution is -2.15. The molecule has 1 aromatic carbocycles. The first kappa shape index (κ1) is 8.38. The van der Waals surface area contributed by atoms with Crippen molar-refractivity contribution in [1.82, 2.24) is 0 Å². The molecule has 1 N–H and O–H groups in total. The van der Waals surface area contributed by atoms with Gasteiger partial charge < -0.3 is 14.6 Å². The summed E-state index contributed by atoms with van der Waals surface area (Å²) >= 11 is 0. The fourth-order valence-corrected chi connectivity index (χ4v) is 1.36. The fraction of sp³-hybridized carbons (Fsp3) is 0.400. The summed E-state index contributed by atoms with van der Waals surface area (Å²) in [6, 6.07) is 6.83. The molecule has 1 unspecified atom stereocenters. The summed E-state index contributed by atoms with van der Waals surface area (Å²) in [7, 11) is 0. The Labute approximate surface area is 76.9 Å². The second-order valence-corrected chi connectivity index (χ2v) is 3.10. The van der Waals surface area contributed by atoms with Crippen LogP contribution in [0.3, 0.4) is 0 Å². The molecule has 1 atom stereocenters. The van der Waals surface area contributed by atoms with E-state index in [9.17, 15) is 5.11 Å². The zero-order valence-corrected chi connectivity index (χ0v) is 7.27. The molecule has 0 bridgehead atoms. The van der Waals surface area contributed by atoms with E-state index in [1.807, 2.05) is 6.07 Å². The monoisotopic (exact) mass is 180 g/mol. The highest BCUT2D eigenvalue weighted by Gasteiger charge is 2.16. The fourth-order valence-electron chi connectivity index (χ4n) is 1.36. The largest absolute Gasteiger partial charge is 0.508 e. The standard InChI is InChI=1S/C10H12O3/c11-8-2-1-3-9(6-8)13-10-4-5-12-7-10/h1-3,6,10-11H,4-5,7H2. The SMILES string of the molecule is Oc1cccc(OC2CCOC2)c1. The second kappa shape index (κ2) is 3.66. The number of ether oxygens (including phenoxy) is 2. The topological polar surface area (TPSA) is 38.7 Å². The first-order valence-electron chi connectivity index (χ1n) is 4.38. The van der Waals surface area contributed by atoms with Gasteiger partial charge in [0, 0.05) is 12.5 Å². The molecule has 0 radical (unpaired) electrons. The van der Waals surface area contributed by atoms with E-state index in [1.54, 1.807) is 18.2 Å². The summed E-state index contributed by atoms with van der Waals surface area (Å²) in [5, 5.41) is 9.18. The lowest BCUT2D eigenvalue weighted by molar-refractivity contribution is 0.141. The number of aromatic hydroxyl groups is 1. The Morgan fingerprint density at radius 2 is 2.38 bits per heavy atom. The van der Waals surface area contributed by atoms with Crippen LogP contribution in [0.5, 0.6) is 11.5 Å². The minimum absolute atomic E-state index is 0.141. The third-order valence-electron chi connectivity index (χ3n) is 2.01. The molecule has 0 spiro atoms. The first-order chi connectivity index (χ1) is 6.34. The maximum atomic E-state index is 9.18. The zero-order chi connectivity index (χ0) is 9.10. The molecular weight excluding hydrogens is 168 g/mol. The summed E-state index contributed by atoms with van der Waals surface area (Å²) in [6.07, 6.45) is 1.07. The van der Waals surface area contributed by atoms with Crippen LogP contribution in [0, 0.1) is 0 Å². The van der Waals surface area contributed by atoms with E-state index in [1.165, 1.54) is 0 Å². The van der Waals surface area contributed by atoms with Gasteiger partial charge in [0.15, 0.2) is 0 Å². The van der Waals surface area contributed by atoms with E-state index in [-0.39, 0.29) is 11.9 Å². The molecule has 1 aromatic rings. The van der Waals surface area contributed by atoms with E-state index >= 15 is 0 Å². The molecule has 1 fully saturated rings. The predicted octanol–water partition coefficient (Wildman–Crippen LogP) is 1.56. The highest BCUT2D eigenvalue weighted by molar-refractivity contribution is 5.31. The Kier molecular flexibility index (Phi) is 2.36. The number of hydrogen-bond donors (Lipinski definition) is 1. The quantitative estimate of drug-likeness (QED) is 0.750. The summed E-state index contributed by atoms with van der Waals surface area (Å²) in [4.78, 5) is 0. The van der Waals surface area contributed by atoms with Crippen molar-refractivity contribution < 1.29 is 14.6 Å². The molecule has 1 heterocycles. The first-order valence-corrected chi connectivity index (χ1v) is 4.38. The molecule has 13 heavy (non-hydrogen) atoms. The van der Waals surface area contributed by atoms with Crippen molar-refractivity contribution in [1.29, 1.82) is 0 Å². The molecule has 0 aliphatic carbocycles. The van der Waals surface area contributed by atoms with Crippen molar-refractivity contribution in [3.63, 3.8) is 0 Å². The van der Waals surface area contributed by atoms with Crippen molar-refractivity contribution >= 4 is 0 Å². The molecule has 1 saturated heterocycles. The van der Waals surface area contributed by atoms with Crippen LogP contribution in [0.1, 0.15) is 6.42 Å². The van der Waals surface area contributed by atoms with Gasteiger partial charge in [0.05, 0.1) is 13.2 Å². The Balaban J connectivity index is 2.00. The number of rotatable bonds is 2. The van der Waals surface area contributed by atoms with E-state index < -0.39 is 0 Å². The number of phenolic OH excluding ortho intramolecular Hbond substituents is 1. The van der Waals surface area contributed by atoms with Crippen molar-refractivity contribution in [2.24, 2.45) is 0 Å². The molecule has 3 heteroatoms. The number of benzene rings is 1. The van der Waals surface area contributed by atoms with E-state index in [0.717, 1.165) is 13.0 Å². The van der Waals surface area contributed by atoms with Gasteiger partial charge >= 0.3 is 0 Å². The van der Waals surface area contributed by atoms with Crippen LogP contribution in [0.2, 0.25) is 0 Å². The van der Waals surface area contributed by atoms with Gasteiger partial charge in [0.25, 0.3) is 0 Å². The van der Waals surface area contributed by atoms with Crippen molar-refractivity contribution in [2.75, 3.05) is 13.2 Å². The van der Waals surface area contributed by atoms with Crippen molar-refractivity contribution in [3.8, 4) is 11.5 Å². The maximum Gasteiger partial charge on any atom is 0.124 e. The second-order valence-electron chi connectivity index (χ2n) is 3.10. The van der Waals surface area contributed by atoms with Crippen molar-refractivity contribution in [2.45, 2.75) is 12.5 Å². The van der Waals surface area contributed by atoms with E-state index in [0.29, 0.717) is 12.4 Å². The molecule has 1 aliphatic rings. The lowest BCUT2D eigenvalue weighted by Gasteiger charge is -2.11. The van der Waals surface area contributed by atoms with Crippen LogP contribution in [-0.4, -0.2) is 24.4 Å². The van der Waals surface area contributed by atoms with Gasteiger partial charge in [-0.25, -0.2) is 0 Å². The highest BCUT2D eigenvalue weighted by Crippen LogP contribution is 2.20. The van der Waals surface area contributed by atoms with Gasteiger partial charge in [0.1, 0.15) is 17.6 Å². The highest BCUT2D eigenvalue weighted by atomic mass is 16.5. The number of phenols is 1. The summed E-state index contributed by atoms with van der Waals surface area (Å²) in [5.74, 6) is 0.937. The zero-order valence-electron chi connectivity index (χ0n) is 7.27. The third-order valence-corrected chi connectivity index (χ3v) is 2.01. The minimum atomic E-state index is 0.141. The van der Waals surface area contributed by atoms with Gasteiger partial charge in [-0.1, -0.05) is 6.07 Å². The molecule has 70 valence electrons. The lowest BCUT2D eigenvalue weighted by atomic mass is 10.3. The maximum absolute atomic E-state index is 9.18. The number of hydrogen-bond acceptors (Lipinski definition) is 3. The van der Waals surface area contributed by atoms with Crippen molar-refractivity contribution in [3.05, 3.63) is 24.3 Å². The molecule has 0 amide bonds. The van der Waals surface area contributed by atoms with Gasteiger partial charge in [-0.2, -0.15) is 0 Å². The van der Waals surface area contributed by atoms with Crippen LogP contribution >= 0.6 is 0 Å². The van der Waals surface area contributed by atoms with Crippen LogP contribution in [-0.2, 0) is 4.74 Å². The smallest absolute Gasteiger partial charge is 0.124 e. The Bertz CT molecular complexity index is 279. The molecule has 0 aromatic heterocycles. The Hall–Kier alpha value is -1.22.